The van der Waals surface area contributed by atoms with Crippen molar-refractivity contribution in [1.29, 1.82) is 0 Å². The van der Waals surface area contributed by atoms with E-state index in [1.807, 2.05) is 11.4 Å². The molecule has 5 nitrogen and oxygen atoms in total. The van der Waals surface area contributed by atoms with Crippen LogP contribution < -0.4 is 0 Å². The van der Waals surface area contributed by atoms with Crippen LogP contribution in [0.4, 0.5) is 4.79 Å². The minimum atomic E-state index is -0.956. The lowest BCUT2D eigenvalue weighted by Gasteiger charge is -2.31. The van der Waals surface area contributed by atoms with Gasteiger partial charge in [0.05, 0.1) is 6.54 Å². The highest BCUT2D eigenvalue weighted by atomic mass is 79.9. The lowest BCUT2D eigenvalue weighted by molar-refractivity contribution is -0.138. The van der Waals surface area contributed by atoms with E-state index in [4.69, 9.17) is 5.11 Å². The van der Waals surface area contributed by atoms with Gasteiger partial charge in [-0.2, -0.15) is 0 Å². The molecule has 1 N–H and O–H groups in total. The van der Waals surface area contributed by atoms with Crippen molar-refractivity contribution in [3.63, 3.8) is 0 Å². The summed E-state index contributed by atoms with van der Waals surface area (Å²) in [5, 5.41) is 11.0. The number of hydrogen-bond donors (Lipinski definition) is 1. The van der Waals surface area contributed by atoms with Crippen LogP contribution in [0.1, 0.15) is 30.6 Å². The number of carboxylic acid groups (broad SMARTS) is 1. The van der Waals surface area contributed by atoms with E-state index in [0.717, 1.165) is 35.0 Å². The lowest BCUT2D eigenvalue weighted by Crippen LogP contribution is -2.47. The van der Waals surface area contributed by atoms with E-state index in [0.29, 0.717) is 6.54 Å². The summed E-state index contributed by atoms with van der Waals surface area (Å²) in [6.45, 7) is 0.278. The standard InChI is InChI=1S/C14H19BrN2O3S/c1-16(7-12-6-10(15)9-21-12)14(20)17(8-13(18)19)11-4-2-3-5-11/h6,9,11H,2-5,7-8H2,1H3,(H,18,19). The third-order valence-electron chi connectivity index (χ3n) is 3.66. The van der Waals surface area contributed by atoms with E-state index >= 15 is 0 Å². The molecule has 0 saturated heterocycles. The van der Waals surface area contributed by atoms with Gasteiger partial charge in [0.1, 0.15) is 6.54 Å². The maximum absolute atomic E-state index is 12.6. The Bertz CT molecular complexity index is 514. The van der Waals surface area contributed by atoms with Gasteiger partial charge in [-0.1, -0.05) is 12.8 Å². The fraction of sp³-hybridized carbons (Fsp3) is 0.571. The first-order valence-corrected chi connectivity index (χ1v) is 8.61. The quantitative estimate of drug-likeness (QED) is 0.858. The van der Waals surface area contributed by atoms with Crippen molar-refractivity contribution in [3.05, 3.63) is 20.8 Å². The lowest BCUT2D eigenvalue weighted by atomic mass is 10.2. The van der Waals surface area contributed by atoms with Gasteiger partial charge >= 0.3 is 12.0 Å². The highest BCUT2D eigenvalue weighted by Gasteiger charge is 2.30. The van der Waals surface area contributed by atoms with Crippen LogP contribution in [0.3, 0.4) is 0 Å². The van der Waals surface area contributed by atoms with E-state index < -0.39 is 5.97 Å². The molecule has 0 spiro atoms. The van der Waals surface area contributed by atoms with Crippen molar-refractivity contribution >= 4 is 39.3 Å². The van der Waals surface area contributed by atoms with Gasteiger partial charge in [0.15, 0.2) is 0 Å². The smallest absolute Gasteiger partial charge is 0.323 e. The number of amides is 2. The van der Waals surface area contributed by atoms with Crippen molar-refractivity contribution in [2.24, 2.45) is 0 Å². The molecule has 1 aliphatic rings. The predicted octanol–water partition coefficient (Wildman–Crippen LogP) is 3.39. The van der Waals surface area contributed by atoms with Crippen molar-refractivity contribution < 1.29 is 14.7 Å². The summed E-state index contributed by atoms with van der Waals surface area (Å²) >= 11 is 4.97. The molecule has 7 heteroatoms. The minimum absolute atomic E-state index is 0.0612. The first-order valence-electron chi connectivity index (χ1n) is 6.94. The molecule has 21 heavy (non-hydrogen) atoms. The molecule has 1 aliphatic carbocycles. The van der Waals surface area contributed by atoms with Gasteiger partial charge in [0, 0.05) is 27.8 Å². The molecule has 0 atom stereocenters. The fourth-order valence-corrected chi connectivity index (χ4v) is 4.18. The van der Waals surface area contributed by atoms with E-state index in [2.05, 4.69) is 15.9 Å². The zero-order valence-corrected chi connectivity index (χ0v) is 14.3. The van der Waals surface area contributed by atoms with Gasteiger partial charge in [0.25, 0.3) is 0 Å². The zero-order valence-electron chi connectivity index (χ0n) is 11.9. The monoisotopic (exact) mass is 374 g/mol. The Hall–Kier alpha value is -1.08. The van der Waals surface area contributed by atoms with Crippen LogP contribution in [-0.4, -0.2) is 46.5 Å². The average Bonchev–Trinajstić information content (AvgIpc) is 3.06. The highest BCUT2D eigenvalue weighted by Crippen LogP contribution is 2.25. The Morgan fingerprint density at radius 2 is 2.10 bits per heavy atom. The van der Waals surface area contributed by atoms with Gasteiger partial charge in [-0.3, -0.25) is 4.79 Å². The first-order chi connectivity index (χ1) is 9.97. The second-order valence-corrected chi connectivity index (χ2v) is 7.24. The Morgan fingerprint density at radius 1 is 1.43 bits per heavy atom. The van der Waals surface area contributed by atoms with Crippen LogP contribution in [0.2, 0.25) is 0 Å². The van der Waals surface area contributed by atoms with E-state index in [1.54, 1.807) is 23.3 Å². The van der Waals surface area contributed by atoms with Crippen LogP contribution in [-0.2, 0) is 11.3 Å². The van der Waals surface area contributed by atoms with Gasteiger partial charge in [-0.25, -0.2) is 4.79 Å². The van der Waals surface area contributed by atoms with Crippen molar-refractivity contribution in [1.82, 2.24) is 9.80 Å². The van der Waals surface area contributed by atoms with E-state index in [9.17, 15) is 9.59 Å². The summed E-state index contributed by atoms with van der Waals surface area (Å²) in [5.74, 6) is -0.956. The number of nitrogens with zero attached hydrogens (tertiary/aromatic N) is 2. The number of rotatable bonds is 5. The molecule has 1 heterocycles. The summed E-state index contributed by atoms with van der Waals surface area (Å²) in [7, 11) is 1.72. The first kappa shape index (κ1) is 16.3. The SMILES string of the molecule is CN(Cc1cc(Br)cs1)C(=O)N(CC(=O)O)C1CCCC1. The van der Waals surface area contributed by atoms with E-state index in [-0.39, 0.29) is 18.6 Å². The molecule has 0 bridgehead atoms. The van der Waals surface area contributed by atoms with E-state index in [1.165, 1.54) is 4.90 Å². The Kier molecular flexibility index (Phi) is 5.64. The normalized spacial score (nSPS) is 15.1. The number of urea groups is 1. The Morgan fingerprint density at radius 3 is 2.62 bits per heavy atom. The molecular weight excluding hydrogens is 356 g/mol. The third kappa shape index (κ3) is 4.44. The van der Waals surface area contributed by atoms with Crippen LogP contribution in [0, 0.1) is 0 Å². The molecule has 116 valence electrons. The summed E-state index contributed by atoms with van der Waals surface area (Å²) < 4.78 is 1.00. The van der Waals surface area contributed by atoms with Crippen molar-refractivity contribution in [3.8, 4) is 0 Å². The molecule has 2 amide bonds. The van der Waals surface area contributed by atoms with Crippen molar-refractivity contribution in [2.45, 2.75) is 38.3 Å². The Labute approximate surface area is 136 Å². The van der Waals surface area contributed by atoms with Crippen LogP contribution >= 0.6 is 27.3 Å². The third-order valence-corrected chi connectivity index (χ3v) is 5.34. The van der Waals surface area contributed by atoms with Gasteiger partial charge < -0.3 is 14.9 Å². The summed E-state index contributed by atoms with van der Waals surface area (Å²) in [4.78, 5) is 27.8. The molecule has 0 aliphatic heterocycles. The number of hydrogen-bond acceptors (Lipinski definition) is 3. The summed E-state index contributed by atoms with van der Waals surface area (Å²) in [6.07, 6.45) is 3.93. The zero-order chi connectivity index (χ0) is 15.4. The average molecular weight is 375 g/mol. The maximum Gasteiger partial charge on any atom is 0.323 e. The molecule has 1 aromatic rings. The molecule has 0 radical (unpaired) electrons. The minimum Gasteiger partial charge on any atom is -0.480 e. The van der Waals surface area contributed by atoms with Crippen LogP contribution in [0.15, 0.2) is 15.9 Å². The molecule has 1 saturated carbocycles. The number of thiophene rings is 1. The second kappa shape index (κ2) is 7.26. The number of aliphatic carboxylic acids is 1. The van der Waals surface area contributed by atoms with Crippen LogP contribution in [0.5, 0.6) is 0 Å². The second-order valence-electron chi connectivity index (χ2n) is 5.33. The number of halogens is 1. The van der Waals surface area contributed by atoms with Gasteiger partial charge in [-0.05, 0) is 34.8 Å². The summed E-state index contributed by atoms with van der Waals surface area (Å²) in [5.41, 5.74) is 0. The summed E-state index contributed by atoms with van der Waals surface area (Å²) in [6, 6.07) is 1.84. The maximum atomic E-state index is 12.6. The molecule has 1 aromatic heterocycles. The molecular formula is C14H19BrN2O3S. The number of carbonyl (C=O) groups excluding carboxylic acids is 1. The van der Waals surface area contributed by atoms with Crippen molar-refractivity contribution in [2.75, 3.05) is 13.6 Å². The predicted molar refractivity (Wildman–Crippen MR) is 85.5 cm³/mol. The fourth-order valence-electron chi connectivity index (χ4n) is 2.67. The van der Waals surface area contributed by atoms with Gasteiger partial charge in [-0.15, -0.1) is 11.3 Å². The molecule has 1 fully saturated rings. The molecule has 0 aromatic carbocycles. The molecule has 2 rings (SSSR count). The Balaban J connectivity index is 2.03. The number of carbonyl (C=O) groups is 2. The number of carboxylic acids is 1. The van der Waals surface area contributed by atoms with Gasteiger partial charge in [0.2, 0.25) is 0 Å². The van der Waals surface area contributed by atoms with Crippen LogP contribution in [0.25, 0.3) is 0 Å². The molecule has 0 unspecified atom stereocenters. The highest BCUT2D eigenvalue weighted by molar-refractivity contribution is 9.10. The topological polar surface area (TPSA) is 60.9 Å². The largest absolute Gasteiger partial charge is 0.480 e.